The summed E-state index contributed by atoms with van der Waals surface area (Å²) < 4.78 is 26.6. The molecule has 0 aliphatic carbocycles. The zero-order chi connectivity index (χ0) is 11.2. The molecule has 0 aromatic heterocycles. The first-order valence-corrected chi connectivity index (χ1v) is 4.53. The maximum absolute atomic E-state index is 13.4. The molecule has 1 heterocycles. The summed E-state index contributed by atoms with van der Waals surface area (Å²) in [5.41, 5.74) is 5.54. The molecule has 1 saturated heterocycles. The number of amides is 1. The second kappa shape index (κ2) is 3.27. The van der Waals surface area contributed by atoms with Gasteiger partial charge in [-0.2, -0.15) is 0 Å². The average Bonchev–Trinajstić information content (AvgIpc) is 2.20. The van der Waals surface area contributed by atoms with Crippen molar-refractivity contribution in [1.82, 2.24) is 0 Å². The van der Waals surface area contributed by atoms with Gasteiger partial charge in [0.05, 0.1) is 12.2 Å². The summed E-state index contributed by atoms with van der Waals surface area (Å²) in [4.78, 5) is 12.4. The van der Waals surface area contributed by atoms with Gasteiger partial charge in [-0.3, -0.25) is 4.79 Å². The third-order valence-electron chi connectivity index (χ3n) is 2.48. The van der Waals surface area contributed by atoms with E-state index in [9.17, 15) is 13.6 Å². The van der Waals surface area contributed by atoms with E-state index in [1.165, 1.54) is 6.92 Å². The van der Waals surface area contributed by atoms with Crippen LogP contribution in [0.25, 0.3) is 0 Å². The van der Waals surface area contributed by atoms with Gasteiger partial charge in [-0.25, -0.2) is 8.78 Å². The minimum absolute atomic E-state index is 0.0372. The second-order valence-corrected chi connectivity index (χ2v) is 3.61. The maximum atomic E-state index is 13.4. The zero-order valence-electron chi connectivity index (χ0n) is 8.13. The van der Waals surface area contributed by atoms with Crippen molar-refractivity contribution in [2.24, 2.45) is 5.73 Å². The summed E-state index contributed by atoms with van der Waals surface area (Å²) in [6.07, 6.45) is 0. The fraction of sp³-hybridized carbons (Fsp3) is 0.300. The third-order valence-corrected chi connectivity index (χ3v) is 2.48. The van der Waals surface area contributed by atoms with Crippen LogP contribution >= 0.6 is 0 Å². The molecule has 0 radical (unpaired) electrons. The lowest BCUT2D eigenvalue weighted by atomic mass is 10.1. The van der Waals surface area contributed by atoms with Crippen molar-refractivity contribution in [2.45, 2.75) is 13.0 Å². The second-order valence-electron chi connectivity index (χ2n) is 3.61. The summed E-state index contributed by atoms with van der Waals surface area (Å²) in [6.45, 7) is 1.70. The normalized spacial score (nSPS) is 20.4. The Bertz CT molecular complexity index is 434. The quantitative estimate of drug-likeness (QED) is 0.704. The number of nitrogens with two attached hydrogens (primary N) is 1. The Balaban J connectivity index is 2.37. The van der Waals surface area contributed by atoms with Gasteiger partial charge in [-0.1, -0.05) is 0 Å². The Morgan fingerprint density at radius 2 is 2.07 bits per heavy atom. The molecular formula is C10H10F2N2O. The standard InChI is InChI=1S/C10H10F2N2O/c1-5-2-7(12)9(3-6(5)11)14-4-8(13)10(14)15/h2-3,8H,4,13H2,1H3. The fourth-order valence-corrected chi connectivity index (χ4v) is 1.51. The van der Waals surface area contributed by atoms with Crippen molar-refractivity contribution in [1.29, 1.82) is 0 Å². The van der Waals surface area contributed by atoms with E-state index in [0.717, 1.165) is 17.0 Å². The zero-order valence-corrected chi connectivity index (χ0v) is 8.13. The first kappa shape index (κ1) is 10.0. The lowest BCUT2D eigenvalue weighted by Crippen LogP contribution is -2.61. The molecular weight excluding hydrogens is 202 g/mol. The summed E-state index contributed by atoms with van der Waals surface area (Å²) in [7, 11) is 0. The highest BCUT2D eigenvalue weighted by Gasteiger charge is 2.36. The molecule has 1 unspecified atom stereocenters. The molecule has 1 atom stereocenters. The molecule has 80 valence electrons. The number of carbonyl (C=O) groups excluding carboxylic acids is 1. The SMILES string of the molecule is Cc1cc(F)c(N2CC(N)C2=O)cc1F. The van der Waals surface area contributed by atoms with Gasteiger partial charge < -0.3 is 10.6 Å². The van der Waals surface area contributed by atoms with Crippen molar-refractivity contribution in [3.8, 4) is 0 Å². The van der Waals surface area contributed by atoms with E-state index in [4.69, 9.17) is 5.73 Å². The van der Waals surface area contributed by atoms with Crippen molar-refractivity contribution in [2.75, 3.05) is 11.4 Å². The molecule has 1 aliphatic rings. The Kier molecular flexibility index (Phi) is 2.19. The summed E-state index contributed by atoms with van der Waals surface area (Å²) in [6, 6.07) is 1.50. The van der Waals surface area contributed by atoms with Gasteiger partial charge in [0.15, 0.2) is 0 Å². The number of carbonyl (C=O) groups is 1. The Morgan fingerprint density at radius 3 is 2.60 bits per heavy atom. The molecule has 5 heteroatoms. The molecule has 2 N–H and O–H groups in total. The van der Waals surface area contributed by atoms with Gasteiger partial charge >= 0.3 is 0 Å². The van der Waals surface area contributed by atoms with Gasteiger partial charge in [-0.05, 0) is 18.6 Å². The molecule has 3 nitrogen and oxygen atoms in total. The van der Waals surface area contributed by atoms with E-state index in [-0.39, 0.29) is 23.7 Å². The van der Waals surface area contributed by atoms with Crippen LogP contribution in [-0.4, -0.2) is 18.5 Å². The monoisotopic (exact) mass is 212 g/mol. The topological polar surface area (TPSA) is 46.3 Å². The lowest BCUT2D eigenvalue weighted by molar-refractivity contribution is -0.123. The average molecular weight is 212 g/mol. The van der Waals surface area contributed by atoms with E-state index in [0.29, 0.717) is 0 Å². The lowest BCUT2D eigenvalue weighted by Gasteiger charge is -2.36. The molecule has 1 aromatic rings. The van der Waals surface area contributed by atoms with Crippen LogP contribution in [0.4, 0.5) is 14.5 Å². The van der Waals surface area contributed by atoms with Gasteiger partial charge in [0.25, 0.3) is 0 Å². The maximum Gasteiger partial charge on any atom is 0.245 e. The first-order valence-electron chi connectivity index (χ1n) is 4.53. The van der Waals surface area contributed by atoms with E-state index in [1.807, 2.05) is 0 Å². The van der Waals surface area contributed by atoms with E-state index in [1.54, 1.807) is 0 Å². The van der Waals surface area contributed by atoms with Gasteiger partial charge in [0, 0.05) is 6.07 Å². The van der Waals surface area contributed by atoms with Crippen LogP contribution in [0.2, 0.25) is 0 Å². The van der Waals surface area contributed by atoms with Gasteiger partial charge in [0.2, 0.25) is 5.91 Å². The first-order chi connectivity index (χ1) is 7.00. The minimum Gasteiger partial charge on any atom is -0.318 e. The highest BCUT2D eigenvalue weighted by atomic mass is 19.1. The minimum atomic E-state index is -0.603. The number of anilines is 1. The Morgan fingerprint density at radius 1 is 1.40 bits per heavy atom. The number of aryl methyl sites for hydroxylation is 1. The molecule has 1 amide bonds. The van der Waals surface area contributed by atoms with Crippen molar-refractivity contribution in [3.63, 3.8) is 0 Å². The molecule has 0 saturated carbocycles. The van der Waals surface area contributed by atoms with Crippen molar-refractivity contribution in [3.05, 3.63) is 29.3 Å². The van der Waals surface area contributed by atoms with E-state index >= 15 is 0 Å². The molecule has 0 bridgehead atoms. The van der Waals surface area contributed by atoms with Crippen LogP contribution in [0.5, 0.6) is 0 Å². The third kappa shape index (κ3) is 1.48. The van der Waals surface area contributed by atoms with Crippen LogP contribution < -0.4 is 10.6 Å². The predicted molar refractivity (Wildman–Crippen MR) is 51.4 cm³/mol. The number of nitrogens with zero attached hydrogens (tertiary/aromatic N) is 1. The number of hydrogen-bond donors (Lipinski definition) is 1. The highest BCUT2D eigenvalue weighted by molar-refractivity contribution is 6.03. The van der Waals surface area contributed by atoms with Crippen molar-refractivity contribution < 1.29 is 13.6 Å². The molecule has 1 fully saturated rings. The molecule has 2 rings (SSSR count). The largest absolute Gasteiger partial charge is 0.318 e. The van der Waals surface area contributed by atoms with Gasteiger partial charge in [0.1, 0.15) is 17.7 Å². The van der Waals surface area contributed by atoms with Crippen LogP contribution in [0.15, 0.2) is 12.1 Å². The number of benzene rings is 1. The smallest absolute Gasteiger partial charge is 0.245 e. The van der Waals surface area contributed by atoms with E-state index in [2.05, 4.69) is 0 Å². The van der Waals surface area contributed by atoms with Crippen molar-refractivity contribution >= 4 is 11.6 Å². The Labute approximate surface area is 85.5 Å². The summed E-state index contributed by atoms with van der Waals surface area (Å²) in [5.74, 6) is -1.51. The van der Waals surface area contributed by atoms with Gasteiger partial charge in [-0.15, -0.1) is 0 Å². The molecule has 15 heavy (non-hydrogen) atoms. The fourth-order valence-electron chi connectivity index (χ4n) is 1.51. The van der Waals surface area contributed by atoms with Crippen LogP contribution in [0.1, 0.15) is 5.56 Å². The van der Waals surface area contributed by atoms with Crippen LogP contribution in [0.3, 0.4) is 0 Å². The number of hydrogen-bond acceptors (Lipinski definition) is 2. The number of rotatable bonds is 1. The van der Waals surface area contributed by atoms with E-state index < -0.39 is 17.7 Å². The Hall–Kier alpha value is -1.49. The molecule has 1 aromatic carbocycles. The highest BCUT2D eigenvalue weighted by Crippen LogP contribution is 2.26. The summed E-state index contributed by atoms with van der Waals surface area (Å²) in [5, 5.41) is 0. The van der Waals surface area contributed by atoms with Crippen LogP contribution in [-0.2, 0) is 4.79 Å². The molecule has 0 spiro atoms. The predicted octanol–water partition coefficient (Wildman–Crippen LogP) is 0.947. The molecule has 1 aliphatic heterocycles. The summed E-state index contributed by atoms with van der Waals surface area (Å²) >= 11 is 0. The number of β-lactam (4-membered cyclic amide) rings is 1. The van der Waals surface area contributed by atoms with Crippen LogP contribution in [0, 0.1) is 18.6 Å². The number of halogens is 2.